The molecular formula is C70H51N5O+2. The van der Waals surface area contributed by atoms with Crippen LogP contribution >= 0.6 is 0 Å². The topological polar surface area (TPSA) is 34.0 Å². The standard InChI is InChI=1S/C70H51N5O/c1-3-20-66-64(18-1)71-46-73(66)69-60-14-7-15-61(69)53-37-29-49(30-38-53)24-26-51-33-41-55(42-34-51)63-17-8-16-62(54-39-31-50(32-40-54)25-23-48-27-35-52(60)36-28-48)70(63)74-47-72(65-19-2-4-21-67(65)74)57-11-6-13-59(45-57)75(68-22-9-43-76-68)58-12-5-10-56(71)44-58/h1-22,27-47H,23-26H2/q+2. The van der Waals surface area contributed by atoms with E-state index in [0.29, 0.717) is 5.88 Å². The largest absolute Gasteiger partial charge is 0.448 e. The van der Waals surface area contributed by atoms with Gasteiger partial charge < -0.3 is 4.42 Å². The maximum absolute atomic E-state index is 6.32. The lowest BCUT2D eigenvalue weighted by Crippen LogP contribution is -2.31. The number of rotatable bonds is 1. The van der Waals surface area contributed by atoms with Gasteiger partial charge in [0.15, 0.2) is 22.1 Å². The average Bonchev–Trinajstić information content (AvgIpc) is 4.26. The van der Waals surface area contributed by atoms with Crippen molar-refractivity contribution in [1.29, 1.82) is 0 Å². The van der Waals surface area contributed by atoms with Crippen LogP contribution in [0.4, 0.5) is 17.3 Å². The van der Waals surface area contributed by atoms with Gasteiger partial charge in [-0.1, -0.05) is 170 Å². The third-order valence-electron chi connectivity index (χ3n) is 15.7. The number of benzene rings is 10. The molecule has 22 bridgehead atoms. The second-order valence-corrected chi connectivity index (χ2v) is 20.2. The minimum Gasteiger partial charge on any atom is -0.448 e. The summed E-state index contributed by atoms with van der Waals surface area (Å²) in [6.45, 7) is 0. The van der Waals surface area contributed by atoms with E-state index in [1.807, 2.05) is 12.1 Å². The van der Waals surface area contributed by atoms with Crippen molar-refractivity contribution >= 4 is 39.3 Å². The van der Waals surface area contributed by atoms with Crippen molar-refractivity contribution in [3.63, 3.8) is 0 Å². The molecule has 0 saturated heterocycles. The Morgan fingerprint density at radius 3 is 1.04 bits per heavy atom. The molecule has 360 valence electrons. The zero-order valence-corrected chi connectivity index (χ0v) is 41.8. The fourth-order valence-electron chi connectivity index (χ4n) is 11.9. The maximum Gasteiger partial charge on any atom is 0.255 e. The van der Waals surface area contributed by atoms with Crippen LogP contribution in [0.3, 0.4) is 0 Å². The number of fused-ring (bicyclic) bond motifs is 2. The molecule has 0 saturated carbocycles. The molecule has 0 fully saturated rings. The normalized spacial score (nSPS) is 12.8. The monoisotopic (exact) mass is 977 g/mol. The van der Waals surface area contributed by atoms with Gasteiger partial charge in [0.05, 0.1) is 17.6 Å². The molecule has 6 aliphatic heterocycles. The fraction of sp³-hybridized carbons (Fsp3) is 0.0571. The summed E-state index contributed by atoms with van der Waals surface area (Å²) in [6.07, 6.45) is 10.0. The number of para-hydroxylation sites is 6. The molecule has 0 unspecified atom stereocenters. The van der Waals surface area contributed by atoms with E-state index in [4.69, 9.17) is 4.42 Å². The highest BCUT2D eigenvalue weighted by molar-refractivity contribution is 5.87. The van der Waals surface area contributed by atoms with Gasteiger partial charge in [-0.05, 0) is 125 Å². The van der Waals surface area contributed by atoms with E-state index in [1.54, 1.807) is 6.26 Å². The zero-order chi connectivity index (χ0) is 50.1. The number of anilines is 3. The molecule has 3 aromatic heterocycles. The van der Waals surface area contributed by atoms with Crippen LogP contribution in [0.1, 0.15) is 22.3 Å². The van der Waals surface area contributed by atoms with Crippen molar-refractivity contribution in [1.82, 2.24) is 9.13 Å². The van der Waals surface area contributed by atoms with E-state index in [1.165, 1.54) is 66.8 Å². The molecule has 9 heterocycles. The van der Waals surface area contributed by atoms with E-state index < -0.39 is 0 Å². The van der Waals surface area contributed by atoms with Gasteiger partial charge in [-0.15, -0.1) is 0 Å². The summed E-state index contributed by atoms with van der Waals surface area (Å²) in [6, 6.07) is 89.8. The Labute approximate surface area is 441 Å². The van der Waals surface area contributed by atoms with Gasteiger partial charge in [0.2, 0.25) is 5.88 Å². The van der Waals surface area contributed by atoms with Crippen LogP contribution in [-0.2, 0) is 25.7 Å². The van der Waals surface area contributed by atoms with Crippen LogP contribution in [0.5, 0.6) is 0 Å². The molecule has 0 atom stereocenters. The van der Waals surface area contributed by atoms with Crippen molar-refractivity contribution in [2.24, 2.45) is 0 Å². The molecule has 6 nitrogen and oxygen atoms in total. The molecule has 0 amide bonds. The SMILES string of the molecule is c1cc2cc(c1)-n1c[n+](c3ccccc31)-c1c3cccc1-c1ccc(cc1)CCc1ccc(cc1)-c1cccc(c1-[n+]1cn(c4ccccc41)-c1cccc(c1)N2c1ccco1)-c1ccc(cc1)CCc1ccc-3cc1. The molecule has 76 heavy (non-hydrogen) atoms. The van der Waals surface area contributed by atoms with E-state index in [0.717, 1.165) is 81.9 Å². The average molecular weight is 978 g/mol. The van der Waals surface area contributed by atoms with E-state index >= 15 is 0 Å². The summed E-state index contributed by atoms with van der Waals surface area (Å²) in [5.74, 6) is 0.716. The predicted molar refractivity (Wildman–Crippen MR) is 307 cm³/mol. The number of furan rings is 1. The first-order valence-corrected chi connectivity index (χ1v) is 26.4. The summed E-state index contributed by atoms with van der Waals surface area (Å²) >= 11 is 0. The van der Waals surface area contributed by atoms with Crippen LogP contribution in [-0.4, -0.2) is 9.13 Å². The second kappa shape index (κ2) is 18.0. The van der Waals surface area contributed by atoms with Gasteiger partial charge in [0, 0.05) is 40.5 Å². The summed E-state index contributed by atoms with van der Waals surface area (Å²) in [4.78, 5) is 2.22. The van der Waals surface area contributed by atoms with Crippen molar-refractivity contribution in [3.8, 4) is 67.3 Å². The lowest BCUT2D eigenvalue weighted by Gasteiger charge is -2.22. The van der Waals surface area contributed by atoms with Crippen molar-refractivity contribution in [2.45, 2.75) is 25.7 Å². The molecule has 0 N–H and O–H groups in total. The molecule has 13 aliphatic rings. The van der Waals surface area contributed by atoms with Gasteiger partial charge in [-0.3, -0.25) is 4.90 Å². The first-order valence-electron chi connectivity index (χ1n) is 26.4. The Bertz CT molecular complexity index is 3920. The highest BCUT2D eigenvalue weighted by Crippen LogP contribution is 2.40. The minimum absolute atomic E-state index is 0.716. The van der Waals surface area contributed by atoms with Gasteiger partial charge in [0.25, 0.3) is 12.7 Å². The summed E-state index contributed by atoms with van der Waals surface area (Å²) in [5.41, 5.74) is 25.3. The van der Waals surface area contributed by atoms with Crippen LogP contribution in [0.15, 0.2) is 266 Å². The third kappa shape index (κ3) is 7.48. The van der Waals surface area contributed by atoms with Crippen LogP contribution in [0.2, 0.25) is 0 Å². The maximum atomic E-state index is 6.32. The molecule has 0 radical (unpaired) electrons. The van der Waals surface area contributed by atoms with Crippen LogP contribution in [0, 0.1) is 0 Å². The lowest BCUT2D eigenvalue weighted by atomic mass is 9.92. The van der Waals surface area contributed by atoms with Gasteiger partial charge in [-0.2, -0.15) is 18.3 Å². The van der Waals surface area contributed by atoms with E-state index in [2.05, 4.69) is 266 Å². The molecule has 13 aromatic rings. The van der Waals surface area contributed by atoms with E-state index in [-0.39, 0.29) is 0 Å². The van der Waals surface area contributed by atoms with Gasteiger partial charge in [0.1, 0.15) is 22.7 Å². The predicted octanol–water partition coefficient (Wildman–Crippen LogP) is 16.1. The summed E-state index contributed by atoms with van der Waals surface area (Å²) in [7, 11) is 0. The molecule has 26 rings (SSSR count). The van der Waals surface area contributed by atoms with Crippen molar-refractivity contribution < 1.29 is 13.6 Å². The second-order valence-electron chi connectivity index (χ2n) is 20.2. The fourth-order valence-corrected chi connectivity index (χ4v) is 11.9. The first-order chi connectivity index (χ1) is 37.6. The highest BCUT2D eigenvalue weighted by atomic mass is 16.3. The number of nitrogens with zero attached hydrogens (tertiary/aromatic N) is 5. The smallest absolute Gasteiger partial charge is 0.255 e. The zero-order valence-electron chi connectivity index (χ0n) is 41.8. The van der Waals surface area contributed by atoms with Gasteiger partial charge in [-0.25, -0.2) is 0 Å². The Morgan fingerprint density at radius 2 is 0.671 bits per heavy atom. The number of aryl methyl sites for hydroxylation is 4. The third-order valence-corrected chi connectivity index (χ3v) is 15.7. The molecule has 7 aliphatic carbocycles. The molecular weight excluding hydrogens is 927 g/mol. The Morgan fingerprint density at radius 1 is 0.316 bits per heavy atom. The van der Waals surface area contributed by atoms with Crippen LogP contribution < -0.4 is 14.0 Å². The molecule has 6 heteroatoms. The Kier molecular flexibility index (Phi) is 10.4. The lowest BCUT2D eigenvalue weighted by molar-refractivity contribution is -0.566. The Balaban J connectivity index is 1.03. The van der Waals surface area contributed by atoms with Crippen molar-refractivity contribution in [2.75, 3.05) is 4.90 Å². The Hall–Kier alpha value is -9.78. The number of imidazole rings is 2. The minimum atomic E-state index is 0.716. The van der Waals surface area contributed by atoms with E-state index in [9.17, 15) is 0 Å². The number of hydrogen-bond acceptors (Lipinski definition) is 2. The molecule has 0 spiro atoms. The first kappa shape index (κ1) is 43.8. The molecule has 10 aromatic carbocycles. The summed E-state index contributed by atoms with van der Waals surface area (Å²) < 4.78 is 15.8. The number of aromatic nitrogens is 4. The quantitative estimate of drug-likeness (QED) is 0.154. The highest BCUT2D eigenvalue weighted by Gasteiger charge is 2.28. The van der Waals surface area contributed by atoms with Crippen molar-refractivity contribution in [3.05, 3.63) is 284 Å². The number of hydrogen-bond donors (Lipinski definition) is 0. The van der Waals surface area contributed by atoms with Gasteiger partial charge >= 0.3 is 0 Å². The summed E-state index contributed by atoms with van der Waals surface area (Å²) in [5, 5.41) is 0. The van der Waals surface area contributed by atoms with Crippen LogP contribution in [0.25, 0.3) is 89.3 Å².